The van der Waals surface area contributed by atoms with Crippen molar-refractivity contribution >= 4 is 6.03 Å². The molecule has 1 unspecified atom stereocenters. The normalized spacial score (nSPS) is 17.9. The second-order valence-corrected chi connectivity index (χ2v) is 6.73. The summed E-state index contributed by atoms with van der Waals surface area (Å²) >= 11 is 0. The largest absolute Gasteiger partial charge is 0.385 e. The molecule has 0 saturated carbocycles. The SMILES string of the molecule is COCCC(C)(C)CNC(=O)NC1CCc2nc(C)nn2C1. The summed E-state index contributed by atoms with van der Waals surface area (Å²) in [6.07, 6.45) is 2.67. The Labute approximate surface area is 131 Å². The van der Waals surface area contributed by atoms with Crippen molar-refractivity contribution in [3.63, 3.8) is 0 Å². The zero-order valence-corrected chi connectivity index (χ0v) is 14.0. The highest BCUT2D eigenvalue weighted by molar-refractivity contribution is 5.74. The zero-order valence-electron chi connectivity index (χ0n) is 14.0. The number of hydrogen-bond donors (Lipinski definition) is 2. The third-order valence-corrected chi connectivity index (χ3v) is 4.01. The number of ether oxygens (including phenoxy) is 1. The van der Waals surface area contributed by atoms with Crippen LogP contribution in [0.25, 0.3) is 0 Å². The van der Waals surface area contributed by atoms with Gasteiger partial charge < -0.3 is 15.4 Å². The van der Waals surface area contributed by atoms with E-state index in [9.17, 15) is 4.79 Å². The molecule has 0 radical (unpaired) electrons. The zero-order chi connectivity index (χ0) is 16.2. The number of hydrogen-bond acceptors (Lipinski definition) is 4. The van der Waals surface area contributed by atoms with Crippen molar-refractivity contribution in [2.75, 3.05) is 20.3 Å². The van der Waals surface area contributed by atoms with Crippen LogP contribution in [-0.2, 0) is 17.7 Å². The predicted octanol–water partition coefficient (Wildman–Crippen LogP) is 1.26. The molecule has 1 aromatic heterocycles. The molecule has 22 heavy (non-hydrogen) atoms. The Bertz CT molecular complexity index is 512. The molecule has 2 heterocycles. The molecule has 0 bridgehead atoms. The van der Waals surface area contributed by atoms with E-state index in [0.29, 0.717) is 19.7 Å². The average Bonchev–Trinajstić information content (AvgIpc) is 2.82. The van der Waals surface area contributed by atoms with Crippen molar-refractivity contribution in [2.24, 2.45) is 5.41 Å². The van der Waals surface area contributed by atoms with Crippen LogP contribution in [0.2, 0.25) is 0 Å². The second-order valence-electron chi connectivity index (χ2n) is 6.73. The summed E-state index contributed by atoms with van der Waals surface area (Å²) in [7, 11) is 1.69. The molecule has 7 nitrogen and oxygen atoms in total. The molecule has 2 rings (SSSR count). The standard InChI is InChI=1S/C15H27N5O2/c1-11-17-13-6-5-12(9-20(13)19-11)18-14(21)16-10-15(2,3)7-8-22-4/h12H,5-10H2,1-4H3,(H2,16,18,21). The van der Waals surface area contributed by atoms with Gasteiger partial charge in [-0.2, -0.15) is 5.10 Å². The quantitative estimate of drug-likeness (QED) is 0.829. The third kappa shape index (κ3) is 4.69. The molecule has 0 spiro atoms. The minimum atomic E-state index is -0.115. The summed E-state index contributed by atoms with van der Waals surface area (Å²) in [4.78, 5) is 16.4. The monoisotopic (exact) mass is 309 g/mol. The van der Waals surface area contributed by atoms with Crippen LogP contribution >= 0.6 is 0 Å². The van der Waals surface area contributed by atoms with E-state index in [1.807, 2.05) is 11.6 Å². The summed E-state index contributed by atoms with van der Waals surface area (Å²) in [6, 6.07) is -0.00790. The summed E-state index contributed by atoms with van der Waals surface area (Å²) in [6.45, 7) is 8.16. The van der Waals surface area contributed by atoms with Crippen LogP contribution in [0.5, 0.6) is 0 Å². The van der Waals surface area contributed by atoms with E-state index in [0.717, 1.165) is 30.9 Å². The van der Waals surface area contributed by atoms with Crippen molar-refractivity contribution < 1.29 is 9.53 Å². The Kier molecular flexibility index (Phi) is 5.39. The highest BCUT2D eigenvalue weighted by atomic mass is 16.5. The Hall–Kier alpha value is -1.63. The van der Waals surface area contributed by atoms with Crippen molar-refractivity contribution in [2.45, 2.75) is 52.6 Å². The predicted molar refractivity (Wildman–Crippen MR) is 83.7 cm³/mol. The van der Waals surface area contributed by atoms with Crippen LogP contribution in [0.4, 0.5) is 4.79 Å². The molecular formula is C15H27N5O2. The van der Waals surface area contributed by atoms with Crippen molar-refractivity contribution in [1.82, 2.24) is 25.4 Å². The smallest absolute Gasteiger partial charge is 0.315 e. The first-order chi connectivity index (χ1) is 10.4. The Morgan fingerprint density at radius 2 is 2.27 bits per heavy atom. The number of aryl methyl sites for hydroxylation is 2. The lowest BCUT2D eigenvalue weighted by Gasteiger charge is -2.27. The summed E-state index contributed by atoms with van der Waals surface area (Å²) < 4.78 is 6.99. The topological polar surface area (TPSA) is 81.1 Å². The molecule has 1 atom stereocenters. The van der Waals surface area contributed by atoms with Gasteiger partial charge >= 0.3 is 6.03 Å². The molecule has 2 amide bonds. The lowest BCUT2D eigenvalue weighted by atomic mass is 9.90. The number of methoxy groups -OCH3 is 1. The van der Waals surface area contributed by atoms with Crippen LogP contribution in [0, 0.1) is 12.3 Å². The van der Waals surface area contributed by atoms with Gasteiger partial charge in [-0.1, -0.05) is 13.8 Å². The van der Waals surface area contributed by atoms with Gasteiger partial charge in [0, 0.05) is 26.7 Å². The highest BCUT2D eigenvalue weighted by Crippen LogP contribution is 2.18. The van der Waals surface area contributed by atoms with Crippen molar-refractivity contribution in [3.8, 4) is 0 Å². The van der Waals surface area contributed by atoms with E-state index in [2.05, 4.69) is 34.6 Å². The van der Waals surface area contributed by atoms with Crippen LogP contribution in [-0.4, -0.2) is 47.1 Å². The van der Waals surface area contributed by atoms with Gasteiger partial charge in [-0.15, -0.1) is 0 Å². The number of carbonyl (C=O) groups excluding carboxylic acids is 1. The first-order valence-electron chi connectivity index (χ1n) is 7.83. The number of urea groups is 1. The minimum Gasteiger partial charge on any atom is -0.385 e. The maximum absolute atomic E-state index is 12.1. The van der Waals surface area contributed by atoms with E-state index >= 15 is 0 Å². The number of carbonyl (C=O) groups is 1. The van der Waals surface area contributed by atoms with E-state index in [1.54, 1.807) is 7.11 Å². The Balaban J connectivity index is 1.76. The summed E-state index contributed by atoms with van der Waals surface area (Å²) in [5, 5.41) is 10.3. The first-order valence-corrected chi connectivity index (χ1v) is 7.83. The lowest BCUT2D eigenvalue weighted by molar-refractivity contribution is 0.150. The lowest BCUT2D eigenvalue weighted by Crippen LogP contribution is -2.48. The number of aromatic nitrogens is 3. The van der Waals surface area contributed by atoms with Gasteiger partial charge in [0.15, 0.2) is 0 Å². The highest BCUT2D eigenvalue weighted by Gasteiger charge is 2.23. The number of amides is 2. The molecule has 124 valence electrons. The second kappa shape index (κ2) is 7.09. The van der Waals surface area contributed by atoms with Gasteiger partial charge in [-0.05, 0) is 25.2 Å². The molecule has 2 N–H and O–H groups in total. The van der Waals surface area contributed by atoms with Crippen LogP contribution in [0.1, 0.15) is 38.3 Å². The molecule has 1 aliphatic heterocycles. The molecule has 0 fully saturated rings. The van der Waals surface area contributed by atoms with Gasteiger partial charge in [0.1, 0.15) is 11.6 Å². The number of fused-ring (bicyclic) bond motifs is 1. The molecular weight excluding hydrogens is 282 g/mol. The molecule has 0 aromatic carbocycles. The van der Waals surface area contributed by atoms with Gasteiger partial charge in [0.05, 0.1) is 12.6 Å². The van der Waals surface area contributed by atoms with Crippen molar-refractivity contribution in [1.29, 1.82) is 0 Å². The summed E-state index contributed by atoms with van der Waals surface area (Å²) in [5.74, 6) is 1.80. The molecule has 1 aliphatic rings. The van der Waals surface area contributed by atoms with Crippen LogP contribution in [0.3, 0.4) is 0 Å². The van der Waals surface area contributed by atoms with Crippen LogP contribution < -0.4 is 10.6 Å². The molecule has 0 saturated heterocycles. The average molecular weight is 309 g/mol. The fourth-order valence-corrected chi connectivity index (χ4v) is 2.57. The van der Waals surface area contributed by atoms with E-state index < -0.39 is 0 Å². The summed E-state index contributed by atoms with van der Waals surface area (Å²) in [5.41, 5.74) is 0.0239. The van der Waals surface area contributed by atoms with Gasteiger partial charge in [0.2, 0.25) is 0 Å². The van der Waals surface area contributed by atoms with Gasteiger partial charge in [-0.25, -0.2) is 14.5 Å². The first kappa shape index (κ1) is 16.7. The fraction of sp³-hybridized carbons (Fsp3) is 0.800. The molecule has 0 aliphatic carbocycles. The number of nitrogens with zero attached hydrogens (tertiary/aromatic N) is 3. The Morgan fingerprint density at radius 1 is 1.50 bits per heavy atom. The number of rotatable bonds is 6. The molecule has 7 heteroatoms. The third-order valence-electron chi connectivity index (χ3n) is 4.01. The number of nitrogens with one attached hydrogen (secondary N) is 2. The van der Waals surface area contributed by atoms with Gasteiger partial charge in [-0.3, -0.25) is 0 Å². The van der Waals surface area contributed by atoms with Crippen molar-refractivity contribution in [3.05, 3.63) is 11.6 Å². The molecule has 1 aromatic rings. The van der Waals surface area contributed by atoms with E-state index in [-0.39, 0.29) is 17.5 Å². The maximum Gasteiger partial charge on any atom is 0.315 e. The van der Waals surface area contributed by atoms with E-state index in [4.69, 9.17) is 4.74 Å². The fourth-order valence-electron chi connectivity index (χ4n) is 2.57. The minimum absolute atomic E-state index is 0.0239. The maximum atomic E-state index is 12.1. The van der Waals surface area contributed by atoms with Crippen LogP contribution in [0.15, 0.2) is 0 Å². The van der Waals surface area contributed by atoms with E-state index in [1.165, 1.54) is 0 Å². The Morgan fingerprint density at radius 3 is 3.00 bits per heavy atom. The van der Waals surface area contributed by atoms with Gasteiger partial charge in [0.25, 0.3) is 0 Å².